The maximum absolute atomic E-state index is 11.9. The number of hydrogen-bond acceptors (Lipinski definition) is 1. The summed E-state index contributed by atoms with van der Waals surface area (Å²) in [6.45, 7) is 7.91. The lowest BCUT2D eigenvalue weighted by Gasteiger charge is -2.24. The molecule has 0 aromatic carbocycles. The molecule has 0 fully saturated rings. The fourth-order valence-corrected chi connectivity index (χ4v) is 3.77. The van der Waals surface area contributed by atoms with Crippen molar-refractivity contribution >= 4 is 7.37 Å². The van der Waals surface area contributed by atoms with E-state index in [1.807, 2.05) is 13.8 Å². The fraction of sp³-hybridized carbons (Fsp3) is 1.00. The van der Waals surface area contributed by atoms with Crippen molar-refractivity contribution in [3.63, 3.8) is 0 Å². The zero-order chi connectivity index (χ0) is 10.5. The zero-order valence-corrected chi connectivity index (χ0v) is 10.2. The minimum atomic E-state index is -2.91. The Hall–Kier alpha value is 0.190. The lowest BCUT2D eigenvalue weighted by Crippen LogP contribution is -2.13. The molecule has 80 valence electrons. The number of hydrogen-bond donors (Lipinski definition) is 1. The van der Waals surface area contributed by atoms with E-state index in [4.69, 9.17) is 0 Å². The van der Waals surface area contributed by atoms with Gasteiger partial charge in [-0.1, -0.05) is 40.5 Å². The average Bonchev–Trinajstić information content (AvgIpc) is 2.05. The largest absolute Gasteiger partial charge is 0.344 e. The lowest BCUT2D eigenvalue weighted by atomic mass is 10.3. The summed E-state index contributed by atoms with van der Waals surface area (Å²) in [7, 11) is -2.91. The van der Waals surface area contributed by atoms with Crippen LogP contribution in [0.5, 0.6) is 0 Å². The van der Waals surface area contributed by atoms with Gasteiger partial charge in [0.2, 0.25) is 7.37 Å². The molecule has 2 atom stereocenters. The van der Waals surface area contributed by atoms with Gasteiger partial charge in [-0.15, -0.1) is 0 Å². The van der Waals surface area contributed by atoms with Crippen LogP contribution in [-0.4, -0.2) is 16.2 Å². The highest BCUT2D eigenvalue weighted by atomic mass is 31.2. The van der Waals surface area contributed by atoms with Gasteiger partial charge in [-0.25, -0.2) is 0 Å². The first-order valence-electron chi connectivity index (χ1n) is 5.28. The van der Waals surface area contributed by atoms with E-state index < -0.39 is 7.37 Å². The van der Waals surface area contributed by atoms with Crippen LogP contribution >= 0.6 is 7.37 Å². The summed E-state index contributed by atoms with van der Waals surface area (Å²) in [6.07, 6.45) is 3.71. The summed E-state index contributed by atoms with van der Waals surface area (Å²) in [5.74, 6) is 0. The molecule has 0 bridgehead atoms. The fourth-order valence-electron chi connectivity index (χ4n) is 1.64. The molecule has 0 aromatic heterocycles. The molecule has 3 heteroatoms. The Labute approximate surface area is 82.2 Å². The van der Waals surface area contributed by atoms with Gasteiger partial charge in [-0.05, 0) is 12.8 Å². The van der Waals surface area contributed by atoms with E-state index in [0.29, 0.717) is 0 Å². The smallest absolute Gasteiger partial charge is 0.206 e. The molecular weight excluding hydrogens is 183 g/mol. The van der Waals surface area contributed by atoms with Crippen molar-refractivity contribution in [3.05, 3.63) is 0 Å². The van der Waals surface area contributed by atoms with Gasteiger partial charge in [0.05, 0.1) is 0 Å². The molecular formula is C10H23O2P. The summed E-state index contributed by atoms with van der Waals surface area (Å²) in [5.41, 5.74) is -0.0573. The van der Waals surface area contributed by atoms with Crippen LogP contribution in [0.4, 0.5) is 0 Å². The molecule has 2 nitrogen and oxygen atoms in total. The van der Waals surface area contributed by atoms with Crippen molar-refractivity contribution in [1.29, 1.82) is 0 Å². The Morgan fingerprint density at radius 1 is 1.08 bits per heavy atom. The van der Waals surface area contributed by atoms with Crippen molar-refractivity contribution in [2.75, 3.05) is 0 Å². The summed E-state index contributed by atoms with van der Waals surface area (Å²) in [5, 5.41) is 0. The van der Waals surface area contributed by atoms with Gasteiger partial charge in [-0.3, -0.25) is 4.57 Å². The van der Waals surface area contributed by atoms with E-state index in [-0.39, 0.29) is 11.3 Å². The van der Waals surface area contributed by atoms with Gasteiger partial charge >= 0.3 is 0 Å². The van der Waals surface area contributed by atoms with Crippen molar-refractivity contribution in [2.45, 2.75) is 64.7 Å². The highest BCUT2D eigenvalue weighted by Crippen LogP contribution is 2.53. The van der Waals surface area contributed by atoms with E-state index in [1.165, 1.54) is 0 Å². The van der Waals surface area contributed by atoms with Gasteiger partial charge in [0.1, 0.15) is 0 Å². The maximum Gasteiger partial charge on any atom is 0.206 e. The Kier molecular flexibility index (Phi) is 5.91. The summed E-state index contributed by atoms with van der Waals surface area (Å²) < 4.78 is 11.9. The molecule has 0 radical (unpaired) electrons. The third-order valence-corrected chi connectivity index (χ3v) is 5.72. The van der Waals surface area contributed by atoms with Crippen molar-refractivity contribution in [2.24, 2.45) is 0 Å². The molecule has 0 saturated carbocycles. The van der Waals surface area contributed by atoms with Crippen LogP contribution in [0.1, 0.15) is 53.4 Å². The van der Waals surface area contributed by atoms with Crippen LogP contribution in [0.3, 0.4) is 0 Å². The highest BCUT2D eigenvalue weighted by molar-refractivity contribution is 7.59. The molecule has 0 aromatic rings. The zero-order valence-electron chi connectivity index (χ0n) is 9.29. The van der Waals surface area contributed by atoms with Crippen molar-refractivity contribution in [1.82, 2.24) is 0 Å². The first-order chi connectivity index (χ1) is 5.96. The molecule has 0 aliphatic rings. The minimum Gasteiger partial charge on any atom is -0.344 e. The Morgan fingerprint density at radius 3 is 1.62 bits per heavy atom. The summed E-state index contributed by atoms with van der Waals surface area (Å²) in [4.78, 5) is 9.87. The SMILES string of the molecule is CCCC(C)P(=O)(O)C(C)CCC. The van der Waals surface area contributed by atoms with Crippen LogP contribution in [0.2, 0.25) is 0 Å². The van der Waals surface area contributed by atoms with Crippen LogP contribution in [0.25, 0.3) is 0 Å². The summed E-state index contributed by atoms with van der Waals surface area (Å²) in [6, 6.07) is 0. The summed E-state index contributed by atoms with van der Waals surface area (Å²) >= 11 is 0. The van der Waals surface area contributed by atoms with Gasteiger partial charge in [-0.2, -0.15) is 0 Å². The molecule has 0 aliphatic carbocycles. The number of rotatable bonds is 6. The first kappa shape index (κ1) is 13.2. The Bertz CT molecular complexity index is 164. The molecule has 0 heterocycles. The second-order valence-corrected chi connectivity index (χ2v) is 7.06. The van der Waals surface area contributed by atoms with Crippen molar-refractivity contribution in [3.8, 4) is 0 Å². The second kappa shape index (κ2) is 5.82. The highest BCUT2D eigenvalue weighted by Gasteiger charge is 2.31. The van der Waals surface area contributed by atoms with Crippen LogP contribution in [0.15, 0.2) is 0 Å². The Morgan fingerprint density at radius 2 is 1.38 bits per heavy atom. The van der Waals surface area contributed by atoms with Crippen LogP contribution in [-0.2, 0) is 4.57 Å². The predicted octanol–water partition coefficient (Wildman–Crippen LogP) is 3.63. The maximum atomic E-state index is 11.9. The van der Waals surface area contributed by atoms with Crippen LogP contribution < -0.4 is 0 Å². The van der Waals surface area contributed by atoms with E-state index in [9.17, 15) is 9.46 Å². The quantitative estimate of drug-likeness (QED) is 0.674. The lowest BCUT2D eigenvalue weighted by molar-refractivity contribution is 0.443. The minimum absolute atomic E-state index is 0.0287. The van der Waals surface area contributed by atoms with Gasteiger partial charge in [0.25, 0.3) is 0 Å². The second-order valence-electron chi connectivity index (χ2n) is 3.95. The first-order valence-corrected chi connectivity index (χ1v) is 7.08. The van der Waals surface area contributed by atoms with E-state index in [2.05, 4.69) is 13.8 Å². The van der Waals surface area contributed by atoms with Gasteiger partial charge < -0.3 is 4.89 Å². The standard InChI is InChI=1S/C10H23O2P/c1-5-7-9(3)13(11,12)10(4)8-6-2/h9-10H,5-8H2,1-4H3,(H,11,12). The Balaban J connectivity index is 4.27. The third-order valence-electron chi connectivity index (χ3n) is 2.68. The normalized spacial score (nSPS) is 20.7. The van der Waals surface area contributed by atoms with Gasteiger partial charge in [0.15, 0.2) is 0 Å². The predicted molar refractivity (Wildman–Crippen MR) is 58.6 cm³/mol. The monoisotopic (exact) mass is 206 g/mol. The van der Waals surface area contributed by atoms with Gasteiger partial charge in [0, 0.05) is 11.3 Å². The molecule has 1 N–H and O–H groups in total. The molecule has 0 saturated heterocycles. The molecule has 0 spiro atoms. The topological polar surface area (TPSA) is 37.3 Å². The molecule has 0 rings (SSSR count). The van der Waals surface area contributed by atoms with E-state index >= 15 is 0 Å². The van der Waals surface area contributed by atoms with Crippen molar-refractivity contribution < 1.29 is 9.46 Å². The van der Waals surface area contributed by atoms with E-state index in [0.717, 1.165) is 25.7 Å². The molecule has 0 aliphatic heterocycles. The average molecular weight is 206 g/mol. The molecule has 13 heavy (non-hydrogen) atoms. The molecule has 2 unspecified atom stereocenters. The van der Waals surface area contributed by atoms with E-state index in [1.54, 1.807) is 0 Å². The van der Waals surface area contributed by atoms with Crippen LogP contribution in [0, 0.1) is 0 Å². The third kappa shape index (κ3) is 3.83. The molecule has 0 amide bonds.